The monoisotopic (exact) mass is 414 g/mol. The van der Waals surface area contributed by atoms with Crippen LogP contribution in [0.4, 0.5) is 5.69 Å². The van der Waals surface area contributed by atoms with Crippen molar-refractivity contribution in [2.24, 2.45) is 5.10 Å². The predicted octanol–water partition coefficient (Wildman–Crippen LogP) is 2.36. The first-order valence-electron chi connectivity index (χ1n) is 9.21. The first-order chi connectivity index (χ1) is 14.4. The zero-order valence-electron chi connectivity index (χ0n) is 16.3. The van der Waals surface area contributed by atoms with E-state index in [0.717, 1.165) is 0 Å². The Morgan fingerprint density at radius 2 is 1.97 bits per heavy atom. The smallest absolute Gasteiger partial charge is 0.269 e. The fourth-order valence-corrected chi connectivity index (χ4v) is 2.40. The van der Waals surface area contributed by atoms with Crippen molar-refractivity contribution in [3.05, 3.63) is 63.7 Å². The van der Waals surface area contributed by atoms with Gasteiger partial charge in [0.15, 0.2) is 11.5 Å². The minimum atomic E-state index is -0.539. The molecule has 0 saturated heterocycles. The second kappa shape index (κ2) is 11.1. The van der Waals surface area contributed by atoms with Crippen LogP contribution in [0, 0.1) is 10.1 Å². The first kappa shape index (κ1) is 22.3. The highest BCUT2D eigenvalue weighted by Gasteiger charge is 2.09. The fraction of sp³-hybridized carbons (Fsp3) is 0.250. The van der Waals surface area contributed by atoms with Gasteiger partial charge >= 0.3 is 0 Å². The van der Waals surface area contributed by atoms with Crippen LogP contribution >= 0.6 is 0 Å². The van der Waals surface area contributed by atoms with Gasteiger partial charge in [0.25, 0.3) is 11.6 Å². The van der Waals surface area contributed by atoms with Gasteiger partial charge in [0.05, 0.1) is 17.7 Å². The van der Waals surface area contributed by atoms with E-state index in [-0.39, 0.29) is 36.2 Å². The van der Waals surface area contributed by atoms with E-state index in [0.29, 0.717) is 29.9 Å². The molecule has 0 aliphatic heterocycles. The van der Waals surface area contributed by atoms with Gasteiger partial charge < -0.3 is 15.2 Å². The number of hydrogen-bond donors (Lipinski definition) is 3. The number of carbonyl (C=O) groups is 2. The van der Waals surface area contributed by atoms with Crippen LogP contribution in [0.1, 0.15) is 35.7 Å². The lowest BCUT2D eigenvalue weighted by Gasteiger charge is -2.06. The maximum absolute atomic E-state index is 12.0. The molecule has 0 bridgehead atoms. The molecule has 2 aromatic rings. The lowest BCUT2D eigenvalue weighted by atomic mass is 10.2. The number of ether oxygens (including phenoxy) is 1. The third-order valence-corrected chi connectivity index (χ3v) is 3.89. The summed E-state index contributed by atoms with van der Waals surface area (Å²) in [5.74, 6) is -0.342. The third-order valence-electron chi connectivity index (χ3n) is 3.89. The van der Waals surface area contributed by atoms with E-state index in [9.17, 15) is 24.8 Å². The van der Waals surface area contributed by atoms with Crippen LogP contribution in [0.2, 0.25) is 0 Å². The Labute approximate surface area is 172 Å². The highest BCUT2D eigenvalue weighted by atomic mass is 16.6. The predicted molar refractivity (Wildman–Crippen MR) is 110 cm³/mol. The Balaban J connectivity index is 1.71. The molecular formula is C20H22N4O6. The van der Waals surface area contributed by atoms with Crippen LogP contribution in [-0.4, -0.2) is 41.2 Å². The number of phenolic OH excluding ortho intramolecular Hbond substituents is 1. The number of rotatable bonds is 10. The number of aromatic hydroxyl groups is 1. The molecule has 2 amide bonds. The van der Waals surface area contributed by atoms with E-state index in [4.69, 9.17) is 4.74 Å². The Morgan fingerprint density at radius 1 is 1.23 bits per heavy atom. The molecule has 10 nitrogen and oxygen atoms in total. The molecule has 0 heterocycles. The first-order valence-corrected chi connectivity index (χ1v) is 9.21. The van der Waals surface area contributed by atoms with Crippen molar-refractivity contribution in [1.82, 2.24) is 10.7 Å². The summed E-state index contributed by atoms with van der Waals surface area (Å²) in [5, 5.41) is 26.8. The molecule has 30 heavy (non-hydrogen) atoms. The fourth-order valence-electron chi connectivity index (χ4n) is 2.40. The zero-order chi connectivity index (χ0) is 21.9. The maximum Gasteiger partial charge on any atom is 0.269 e. The number of hydrogen-bond acceptors (Lipinski definition) is 7. The number of nitro groups is 1. The number of nitro benzene ring substituents is 1. The van der Waals surface area contributed by atoms with Gasteiger partial charge in [-0.3, -0.25) is 19.7 Å². The number of phenols is 1. The number of nitrogens with one attached hydrogen (secondary N) is 2. The molecule has 0 unspecified atom stereocenters. The minimum absolute atomic E-state index is 0.0220. The Hall–Kier alpha value is -3.95. The van der Waals surface area contributed by atoms with Gasteiger partial charge in [-0.05, 0) is 49.2 Å². The minimum Gasteiger partial charge on any atom is -0.504 e. The molecule has 158 valence electrons. The maximum atomic E-state index is 12.0. The van der Waals surface area contributed by atoms with Gasteiger partial charge in [0.2, 0.25) is 5.91 Å². The average molecular weight is 414 g/mol. The number of nitrogens with zero attached hydrogens (tertiary/aromatic N) is 2. The molecule has 2 rings (SSSR count). The van der Waals surface area contributed by atoms with Gasteiger partial charge in [0.1, 0.15) is 0 Å². The summed E-state index contributed by atoms with van der Waals surface area (Å²) in [6, 6.07) is 9.95. The Kier molecular flexibility index (Phi) is 8.30. The van der Waals surface area contributed by atoms with Gasteiger partial charge in [-0.1, -0.05) is 0 Å². The average Bonchev–Trinajstić information content (AvgIpc) is 2.73. The summed E-state index contributed by atoms with van der Waals surface area (Å²) in [4.78, 5) is 33.8. The third kappa shape index (κ3) is 6.89. The normalized spacial score (nSPS) is 10.6. The molecule has 10 heteroatoms. The second-order valence-corrected chi connectivity index (χ2v) is 6.12. The summed E-state index contributed by atoms with van der Waals surface area (Å²) in [6.07, 6.45) is 1.97. The Bertz CT molecular complexity index is 927. The van der Waals surface area contributed by atoms with Crippen LogP contribution in [0.15, 0.2) is 47.6 Å². The number of hydrazone groups is 1. The molecule has 0 spiro atoms. The van der Waals surface area contributed by atoms with Crippen LogP contribution in [-0.2, 0) is 4.79 Å². The zero-order valence-corrected chi connectivity index (χ0v) is 16.3. The van der Waals surface area contributed by atoms with Crippen molar-refractivity contribution in [2.45, 2.75) is 19.8 Å². The topological polar surface area (TPSA) is 143 Å². The van der Waals surface area contributed by atoms with Crippen LogP contribution in [0.25, 0.3) is 0 Å². The lowest BCUT2D eigenvalue weighted by molar-refractivity contribution is -0.384. The summed E-state index contributed by atoms with van der Waals surface area (Å²) < 4.78 is 5.27. The van der Waals surface area contributed by atoms with Gasteiger partial charge in [-0.2, -0.15) is 5.10 Å². The van der Waals surface area contributed by atoms with Crippen LogP contribution < -0.4 is 15.5 Å². The van der Waals surface area contributed by atoms with E-state index in [1.54, 1.807) is 19.1 Å². The quantitative estimate of drug-likeness (QED) is 0.236. The van der Waals surface area contributed by atoms with E-state index < -0.39 is 4.92 Å². The van der Waals surface area contributed by atoms with Crippen molar-refractivity contribution in [2.75, 3.05) is 13.2 Å². The van der Waals surface area contributed by atoms with Gasteiger partial charge in [-0.15, -0.1) is 0 Å². The molecule has 0 radical (unpaired) electrons. The van der Waals surface area contributed by atoms with Crippen LogP contribution in [0.3, 0.4) is 0 Å². The highest BCUT2D eigenvalue weighted by Crippen LogP contribution is 2.26. The summed E-state index contributed by atoms with van der Waals surface area (Å²) >= 11 is 0. The molecule has 3 N–H and O–H groups in total. The standard InChI is InChI=1S/C20H22N4O6/c1-2-30-18-12-14(5-10-17(18)25)13-22-23-19(26)4-3-11-21-20(27)15-6-8-16(9-7-15)24(28)29/h5-10,12-13,25H,2-4,11H2,1H3,(H,21,27)(H,23,26). The van der Waals surface area contributed by atoms with Gasteiger partial charge in [-0.25, -0.2) is 5.43 Å². The molecule has 0 aliphatic rings. The largest absolute Gasteiger partial charge is 0.504 e. The molecule has 0 atom stereocenters. The summed E-state index contributed by atoms with van der Waals surface area (Å²) in [7, 11) is 0. The van der Waals surface area contributed by atoms with Gasteiger partial charge in [0, 0.05) is 30.7 Å². The molecule has 0 aromatic heterocycles. The van der Waals surface area contributed by atoms with E-state index in [2.05, 4.69) is 15.8 Å². The highest BCUT2D eigenvalue weighted by molar-refractivity contribution is 5.94. The lowest BCUT2D eigenvalue weighted by Crippen LogP contribution is -2.26. The number of carbonyl (C=O) groups excluding carboxylic acids is 2. The van der Waals surface area contributed by atoms with Crippen molar-refractivity contribution < 1.29 is 24.4 Å². The van der Waals surface area contributed by atoms with Crippen molar-refractivity contribution in [1.29, 1.82) is 0 Å². The number of non-ortho nitro benzene ring substituents is 1. The number of benzene rings is 2. The molecule has 0 fully saturated rings. The van der Waals surface area contributed by atoms with Crippen molar-refractivity contribution >= 4 is 23.7 Å². The molecule has 0 aliphatic carbocycles. The molecule has 2 aromatic carbocycles. The summed E-state index contributed by atoms with van der Waals surface area (Å²) in [6.45, 7) is 2.48. The van der Waals surface area contributed by atoms with E-state index in [1.165, 1.54) is 36.5 Å². The SMILES string of the molecule is CCOc1cc(C=NNC(=O)CCCNC(=O)c2ccc([N+](=O)[O-])cc2)ccc1O. The Morgan fingerprint density at radius 3 is 2.63 bits per heavy atom. The van der Waals surface area contributed by atoms with Crippen LogP contribution in [0.5, 0.6) is 11.5 Å². The number of amides is 2. The molecule has 0 saturated carbocycles. The van der Waals surface area contributed by atoms with Crippen molar-refractivity contribution in [3.63, 3.8) is 0 Å². The van der Waals surface area contributed by atoms with Crippen molar-refractivity contribution in [3.8, 4) is 11.5 Å². The second-order valence-electron chi connectivity index (χ2n) is 6.12. The van der Waals surface area contributed by atoms with E-state index in [1.807, 2.05) is 0 Å². The van der Waals surface area contributed by atoms with E-state index >= 15 is 0 Å². The molecular weight excluding hydrogens is 392 g/mol. The summed E-state index contributed by atoms with van der Waals surface area (Å²) in [5.41, 5.74) is 3.24.